The molecule has 0 aromatic carbocycles. The summed E-state index contributed by atoms with van der Waals surface area (Å²) in [6.07, 6.45) is -2.49. The molecule has 1 unspecified atom stereocenters. The predicted molar refractivity (Wildman–Crippen MR) is 106 cm³/mol. The number of rotatable bonds is 4. The number of carboxylic acids is 1. The first-order valence-electron chi connectivity index (χ1n) is 9.19. The molecule has 11 heteroatoms. The summed E-state index contributed by atoms with van der Waals surface area (Å²) in [6.45, 7) is 5.89. The highest BCUT2D eigenvalue weighted by atomic mass is 32.1. The van der Waals surface area contributed by atoms with Gasteiger partial charge in [-0.15, -0.1) is 22.7 Å². The lowest BCUT2D eigenvalue weighted by Crippen LogP contribution is -2.39. The van der Waals surface area contributed by atoms with Gasteiger partial charge in [-0.05, 0) is 24.3 Å². The molecule has 1 N–H and O–H groups in total. The average Bonchev–Trinajstić information content (AvgIpc) is 3.44. The molecule has 4 heterocycles. The van der Waals surface area contributed by atoms with Gasteiger partial charge in [-0.25, -0.2) is 9.78 Å². The van der Waals surface area contributed by atoms with Crippen molar-refractivity contribution in [3.8, 4) is 0 Å². The molecule has 2 aromatic rings. The quantitative estimate of drug-likeness (QED) is 0.761. The van der Waals surface area contributed by atoms with E-state index in [4.69, 9.17) is 19.6 Å². The number of carbonyl (C=O) groups is 1. The van der Waals surface area contributed by atoms with Crippen molar-refractivity contribution in [3.05, 3.63) is 33.5 Å². The number of hydrogen-bond acceptors (Lipinski definition) is 7. The van der Waals surface area contributed by atoms with Crippen LogP contribution in [0.5, 0.6) is 0 Å². The molecule has 0 radical (unpaired) electrons. The molecule has 0 spiro atoms. The lowest BCUT2D eigenvalue weighted by Gasteiger charge is -2.34. The Morgan fingerprint density at radius 2 is 2.00 bits per heavy atom. The van der Waals surface area contributed by atoms with Crippen molar-refractivity contribution in [1.82, 2.24) is 9.88 Å². The standard InChI is InChI=1S/C16H21N3OS2.C2HF3O2/c1-2-6-18(5-1)16-17-14(12-22-16)15-11-20-8-7-19(15)10-13-4-3-9-21-13;3-2(4,5)1(6)7/h3-4,9,12,15H,1-2,5-8,10-11H2;(H,6,7). The number of morpholine rings is 1. The van der Waals surface area contributed by atoms with Gasteiger partial charge in [0.15, 0.2) is 5.13 Å². The molecule has 0 saturated carbocycles. The van der Waals surface area contributed by atoms with Gasteiger partial charge in [-0.3, -0.25) is 4.90 Å². The van der Waals surface area contributed by atoms with Crippen LogP contribution >= 0.6 is 22.7 Å². The SMILES string of the molecule is O=C(O)C(F)(F)F.c1csc(CN2CCOCC2c2csc(N3CCCC3)n2)c1. The average molecular weight is 450 g/mol. The van der Waals surface area contributed by atoms with E-state index in [9.17, 15) is 13.2 Å². The Balaban J connectivity index is 0.000000298. The number of carboxylic acid groups (broad SMARTS) is 1. The number of thiophene rings is 1. The zero-order chi connectivity index (χ0) is 20.9. The second kappa shape index (κ2) is 9.88. The van der Waals surface area contributed by atoms with E-state index in [1.54, 1.807) is 11.3 Å². The molecular weight excluding hydrogens is 427 g/mol. The van der Waals surface area contributed by atoms with Gasteiger partial charge in [0.2, 0.25) is 0 Å². The Labute approximate surface area is 174 Å². The maximum absolute atomic E-state index is 10.6. The number of alkyl halides is 3. The first-order chi connectivity index (χ1) is 13.8. The van der Waals surface area contributed by atoms with E-state index in [2.05, 4.69) is 32.7 Å². The fourth-order valence-corrected chi connectivity index (χ4v) is 4.84. The maximum Gasteiger partial charge on any atom is 0.490 e. The molecule has 2 aliphatic rings. The second-order valence-electron chi connectivity index (χ2n) is 6.69. The normalized spacial score (nSPS) is 20.4. The number of hydrogen-bond donors (Lipinski definition) is 1. The molecule has 2 aromatic heterocycles. The summed E-state index contributed by atoms with van der Waals surface area (Å²) in [5.74, 6) is -2.76. The van der Waals surface area contributed by atoms with E-state index in [1.165, 1.54) is 28.5 Å². The van der Waals surface area contributed by atoms with Crippen molar-refractivity contribution >= 4 is 33.8 Å². The minimum atomic E-state index is -5.08. The first kappa shape index (κ1) is 22.0. The molecule has 0 bridgehead atoms. The van der Waals surface area contributed by atoms with Crippen LogP contribution < -0.4 is 4.90 Å². The summed E-state index contributed by atoms with van der Waals surface area (Å²) in [5.41, 5.74) is 1.18. The van der Waals surface area contributed by atoms with Gasteiger partial charge in [-0.2, -0.15) is 13.2 Å². The van der Waals surface area contributed by atoms with Crippen LogP contribution in [0.2, 0.25) is 0 Å². The number of anilines is 1. The third-order valence-electron chi connectivity index (χ3n) is 4.65. The molecule has 0 aliphatic carbocycles. The summed E-state index contributed by atoms with van der Waals surface area (Å²) >= 11 is 3.62. The van der Waals surface area contributed by atoms with Crippen LogP contribution in [-0.2, 0) is 16.1 Å². The lowest BCUT2D eigenvalue weighted by atomic mass is 10.1. The number of aromatic nitrogens is 1. The Kier molecular flexibility index (Phi) is 7.49. The molecular formula is C18H22F3N3O3S2. The Morgan fingerprint density at radius 3 is 2.62 bits per heavy atom. The van der Waals surface area contributed by atoms with Gasteiger partial charge in [0, 0.05) is 36.4 Å². The highest BCUT2D eigenvalue weighted by Crippen LogP contribution is 2.32. The van der Waals surface area contributed by atoms with Crippen molar-refractivity contribution < 1.29 is 27.8 Å². The molecule has 6 nitrogen and oxygen atoms in total. The molecule has 2 saturated heterocycles. The van der Waals surface area contributed by atoms with Gasteiger partial charge in [-0.1, -0.05) is 6.07 Å². The van der Waals surface area contributed by atoms with E-state index >= 15 is 0 Å². The fourth-order valence-electron chi connectivity index (χ4n) is 3.19. The number of ether oxygens (including phenoxy) is 1. The largest absolute Gasteiger partial charge is 0.490 e. The van der Waals surface area contributed by atoms with E-state index in [1.807, 2.05) is 11.3 Å². The minimum Gasteiger partial charge on any atom is -0.475 e. The van der Waals surface area contributed by atoms with Gasteiger partial charge in [0.25, 0.3) is 0 Å². The van der Waals surface area contributed by atoms with Crippen LogP contribution in [0, 0.1) is 0 Å². The Hall–Kier alpha value is -1.69. The second-order valence-corrected chi connectivity index (χ2v) is 8.56. The fraction of sp³-hybridized carbons (Fsp3) is 0.556. The number of thiazole rings is 1. The number of halogens is 3. The maximum atomic E-state index is 10.6. The van der Waals surface area contributed by atoms with Crippen LogP contribution in [0.4, 0.5) is 18.3 Å². The summed E-state index contributed by atoms with van der Waals surface area (Å²) < 4.78 is 37.5. The van der Waals surface area contributed by atoms with Crippen LogP contribution in [0.25, 0.3) is 0 Å². The summed E-state index contributed by atoms with van der Waals surface area (Å²) in [6, 6.07) is 4.64. The summed E-state index contributed by atoms with van der Waals surface area (Å²) in [4.78, 5) is 20.2. The van der Waals surface area contributed by atoms with Gasteiger partial charge >= 0.3 is 12.1 Å². The molecule has 160 valence electrons. The van der Waals surface area contributed by atoms with E-state index in [0.717, 1.165) is 39.4 Å². The van der Waals surface area contributed by atoms with Crippen LogP contribution in [0.15, 0.2) is 22.9 Å². The minimum absolute atomic E-state index is 0.295. The van der Waals surface area contributed by atoms with Crippen molar-refractivity contribution in [2.75, 3.05) is 37.7 Å². The van der Waals surface area contributed by atoms with Gasteiger partial charge < -0.3 is 14.7 Å². The Bertz CT molecular complexity index is 777. The third-order valence-corrected chi connectivity index (χ3v) is 6.43. The smallest absolute Gasteiger partial charge is 0.475 e. The van der Waals surface area contributed by atoms with Gasteiger partial charge in [0.05, 0.1) is 24.9 Å². The van der Waals surface area contributed by atoms with E-state index in [0.29, 0.717) is 6.04 Å². The Morgan fingerprint density at radius 1 is 1.28 bits per heavy atom. The number of aliphatic carboxylic acids is 1. The zero-order valence-electron chi connectivity index (χ0n) is 15.6. The monoisotopic (exact) mass is 449 g/mol. The van der Waals surface area contributed by atoms with Crippen LogP contribution in [0.3, 0.4) is 0 Å². The van der Waals surface area contributed by atoms with Crippen LogP contribution in [0.1, 0.15) is 29.5 Å². The van der Waals surface area contributed by atoms with Gasteiger partial charge in [0.1, 0.15) is 0 Å². The molecule has 2 fully saturated rings. The van der Waals surface area contributed by atoms with Crippen LogP contribution in [-0.4, -0.2) is 60.0 Å². The molecule has 0 amide bonds. The highest BCUT2D eigenvalue weighted by Gasteiger charge is 2.38. The van der Waals surface area contributed by atoms with Crippen molar-refractivity contribution in [2.45, 2.75) is 31.6 Å². The summed E-state index contributed by atoms with van der Waals surface area (Å²) in [5, 5.41) is 12.7. The van der Waals surface area contributed by atoms with Crippen molar-refractivity contribution in [3.63, 3.8) is 0 Å². The van der Waals surface area contributed by atoms with E-state index in [-0.39, 0.29) is 0 Å². The third kappa shape index (κ3) is 6.14. The predicted octanol–water partition coefficient (Wildman–Crippen LogP) is 4.01. The highest BCUT2D eigenvalue weighted by molar-refractivity contribution is 7.13. The molecule has 2 aliphatic heterocycles. The molecule has 1 atom stereocenters. The topological polar surface area (TPSA) is 65.9 Å². The summed E-state index contributed by atoms with van der Waals surface area (Å²) in [7, 11) is 0. The molecule has 4 rings (SSSR count). The first-order valence-corrected chi connectivity index (χ1v) is 10.9. The van der Waals surface area contributed by atoms with E-state index < -0.39 is 12.1 Å². The lowest BCUT2D eigenvalue weighted by molar-refractivity contribution is -0.192. The van der Waals surface area contributed by atoms with Crippen molar-refractivity contribution in [2.24, 2.45) is 0 Å². The zero-order valence-corrected chi connectivity index (χ0v) is 17.2. The van der Waals surface area contributed by atoms with Crippen molar-refractivity contribution in [1.29, 1.82) is 0 Å². The molecule has 29 heavy (non-hydrogen) atoms. The number of nitrogens with zero attached hydrogens (tertiary/aromatic N) is 3.